The van der Waals surface area contributed by atoms with Crippen LogP contribution in [0, 0.1) is 0 Å². The number of rotatable bonds is 11. The Balaban J connectivity index is 1.88. The molecule has 1 aliphatic heterocycles. The number of carbonyl (C=O) groups is 3. The number of methoxy groups -OCH3 is 1. The van der Waals surface area contributed by atoms with Crippen LogP contribution in [0.25, 0.3) is 0 Å². The van der Waals surface area contributed by atoms with Gasteiger partial charge in [-0.1, -0.05) is 24.3 Å². The van der Waals surface area contributed by atoms with Gasteiger partial charge in [0, 0.05) is 66.0 Å². The van der Waals surface area contributed by atoms with Crippen LogP contribution in [0.4, 0.5) is 0 Å². The zero-order chi connectivity index (χ0) is 27.2. The number of ether oxygens (including phenoxy) is 1. The molecule has 1 fully saturated rings. The van der Waals surface area contributed by atoms with E-state index in [1.54, 1.807) is 0 Å². The summed E-state index contributed by atoms with van der Waals surface area (Å²) in [6.07, 6.45) is 0.438. The lowest BCUT2D eigenvalue weighted by Crippen LogP contribution is -2.47. The predicted molar refractivity (Wildman–Crippen MR) is 142 cm³/mol. The fourth-order valence-electron chi connectivity index (χ4n) is 4.07. The van der Waals surface area contributed by atoms with Gasteiger partial charge < -0.3 is 30.7 Å². The maximum absolute atomic E-state index is 12.7. The van der Waals surface area contributed by atoms with Gasteiger partial charge in [-0.05, 0) is 31.6 Å². The summed E-state index contributed by atoms with van der Waals surface area (Å²) < 4.78 is 4.85. The molecule has 1 aromatic carbocycles. The number of carboxylic acid groups (broad SMARTS) is 1. The SMILES string of the molecule is COCC(=O)[C@H](N)Cc1ccc(CNC(=O)CN2CCN(C)CCN(C)CCN(CC(=O)O)CC2)cc1. The minimum absolute atomic E-state index is 0.00474. The number of ketones is 1. The zero-order valence-corrected chi connectivity index (χ0v) is 22.5. The highest BCUT2D eigenvalue weighted by Crippen LogP contribution is 2.07. The van der Waals surface area contributed by atoms with Crippen molar-refractivity contribution < 1.29 is 24.2 Å². The minimum atomic E-state index is -0.839. The van der Waals surface area contributed by atoms with Gasteiger partial charge in [0.05, 0.1) is 19.1 Å². The van der Waals surface area contributed by atoms with E-state index in [1.807, 2.05) is 29.2 Å². The molecule has 0 aromatic heterocycles. The Kier molecular flexibility index (Phi) is 13.7. The standard InChI is InChI=1S/C26H44N6O5/c1-29-8-9-30(2)11-13-32(19-26(35)36)15-14-31(12-10-29)18-25(34)28-17-22-6-4-21(5-7-22)16-23(27)24(33)20-37-3/h4-7,23H,8-20,27H2,1-3H3,(H,28,34)(H,35,36)/t23-/m1/s1. The van der Waals surface area contributed by atoms with Crippen LogP contribution >= 0.6 is 0 Å². The molecule has 1 aliphatic rings. The van der Waals surface area contributed by atoms with Crippen molar-refractivity contribution in [2.75, 3.05) is 93.3 Å². The summed E-state index contributed by atoms with van der Waals surface area (Å²) in [6, 6.07) is 7.09. The number of carboxylic acids is 1. The highest BCUT2D eigenvalue weighted by Gasteiger charge is 2.18. The second kappa shape index (κ2) is 16.4. The number of aliphatic carboxylic acids is 1. The molecular formula is C26H44N6O5. The van der Waals surface area contributed by atoms with E-state index >= 15 is 0 Å². The van der Waals surface area contributed by atoms with Crippen LogP contribution in [0.1, 0.15) is 11.1 Å². The topological polar surface area (TPSA) is 132 Å². The number of nitrogens with one attached hydrogen (secondary N) is 1. The molecule has 11 heteroatoms. The van der Waals surface area contributed by atoms with E-state index in [2.05, 4.69) is 34.1 Å². The third kappa shape index (κ3) is 12.6. The molecule has 1 heterocycles. The molecule has 1 saturated heterocycles. The summed E-state index contributed by atoms with van der Waals surface area (Å²) in [4.78, 5) is 44.4. The number of nitrogens with two attached hydrogens (primary N) is 1. The monoisotopic (exact) mass is 520 g/mol. The largest absolute Gasteiger partial charge is 0.480 e. The Morgan fingerprint density at radius 2 is 1.38 bits per heavy atom. The molecule has 0 aliphatic carbocycles. The molecule has 0 saturated carbocycles. The van der Waals surface area contributed by atoms with Crippen LogP contribution in [0.5, 0.6) is 0 Å². The Labute approximate surface area is 220 Å². The van der Waals surface area contributed by atoms with E-state index in [-0.39, 0.29) is 31.4 Å². The van der Waals surface area contributed by atoms with Crippen molar-refractivity contribution in [3.05, 3.63) is 35.4 Å². The summed E-state index contributed by atoms with van der Waals surface area (Å²) in [5.74, 6) is -1.05. The Hall–Kier alpha value is -2.41. The number of hydrogen-bond acceptors (Lipinski definition) is 9. The lowest BCUT2D eigenvalue weighted by atomic mass is 10.0. The molecule has 11 nitrogen and oxygen atoms in total. The normalized spacial score (nSPS) is 18.5. The molecule has 0 spiro atoms. The van der Waals surface area contributed by atoms with E-state index in [1.165, 1.54) is 7.11 Å². The second-order valence-corrected chi connectivity index (χ2v) is 9.86. The summed E-state index contributed by atoms with van der Waals surface area (Å²) in [5, 5.41) is 12.3. The first-order chi connectivity index (χ1) is 17.7. The molecule has 208 valence electrons. The molecule has 0 radical (unpaired) electrons. The molecule has 0 bridgehead atoms. The van der Waals surface area contributed by atoms with Gasteiger partial charge in [0.1, 0.15) is 6.61 Å². The van der Waals surface area contributed by atoms with Gasteiger partial charge in [0.2, 0.25) is 5.91 Å². The third-order valence-corrected chi connectivity index (χ3v) is 6.59. The highest BCUT2D eigenvalue weighted by atomic mass is 16.5. The van der Waals surface area contributed by atoms with Gasteiger partial charge in [-0.3, -0.25) is 24.2 Å². The maximum atomic E-state index is 12.7. The molecular weight excluding hydrogens is 476 g/mol. The van der Waals surface area contributed by atoms with Crippen molar-refractivity contribution in [3.8, 4) is 0 Å². The fraction of sp³-hybridized carbons (Fsp3) is 0.654. The number of amides is 1. The predicted octanol–water partition coefficient (Wildman–Crippen LogP) is -1.05. The first kappa shape index (κ1) is 30.8. The molecule has 2 rings (SSSR count). The third-order valence-electron chi connectivity index (χ3n) is 6.59. The van der Waals surface area contributed by atoms with Crippen LogP contribution in [-0.4, -0.2) is 142 Å². The van der Waals surface area contributed by atoms with E-state index < -0.39 is 12.0 Å². The average Bonchev–Trinajstić information content (AvgIpc) is 2.86. The van der Waals surface area contributed by atoms with Crippen molar-refractivity contribution in [1.82, 2.24) is 24.9 Å². The van der Waals surface area contributed by atoms with Crippen LogP contribution in [0.3, 0.4) is 0 Å². The van der Waals surface area contributed by atoms with E-state index in [0.717, 1.165) is 43.9 Å². The quantitative estimate of drug-likeness (QED) is 0.332. The first-order valence-corrected chi connectivity index (χ1v) is 12.8. The number of nitrogens with zero attached hydrogens (tertiary/aromatic N) is 4. The van der Waals surface area contributed by atoms with Gasteiger partial charge in [-0.2, -0.15) is 0 Å². The van der Waals surface area contributed by atoms with Crippen molar-refractivity contribution >= 4 is 17.7 Å². The first-order valence-electron chi connectivity index (χ1n) is 12.8. The van der Waals surface area contributed by atoms with Crippen LogP contribution in [-0.2, 0) is 32.1 Å². The summed E-state index contributed by atoms with van der Waals surface area (Å²) >= 11 is 0. The minimum Gasteiger partial charge on any atom is -0.480 e. The zero-order valence-electron chi connectivity index (χ0n) is 22.5. The van der Waals surface area contributed by atoms with Gasteiger partial charge in [0.25, 0.3) is 0 Å². The molecule has 0 unspecified atom stereocenters. The summed E-state index contributed by atoms with van der Waals surface area (Å²) in [5.41, 5.74) is 7.84. The average molecular weight is 521 g/mol. The molecule has 1 amide bonds. The fourth-order valence-corrected chi connectivity index (χ4v) is 4.07. The Bertz CT molecular complexity index is 852. The number of likely N-dealkylation sites (N-methyl/N-ethyl adjacent to an activating group) is 2. The maximum Gasteiger partial charge on any atom is 0.317 e. The number of benzene rings is 1. The van der Waals surface area contributed by atoms with Crippen molar-refractivity contribution in [2.24, 2.45) is 5.73 Å². The van der Waals surface area contributed by atoms with Gasteiger partial charge in [-0.15, -0.1) is 0 Å². The summed E-state index contributed by atoms with van der Waals surface area (Å²) in [6.45, 7) is 6.72. The van der Waals surface area contributed by atoms with Gasteiger partial charge >= 0.3 is 5.97 Å². The van der Waals surface area contributed by atoms with Crippen molar-refractivity contribution in [3.63, 3.8) is 0 Å². The Morgan fingerprint density at radius 3 is 1.92 bits per heavy atom. The smallest absolute Gasteiger partial charge is 0.317 e. The highest BCUT2D eigenvalue weighted by molar-refractivity contribution is 5.85. The lowest BCUT2D eigenvalue weighted by Gasteiger charge is -2.31. The Morgan fingerprint density at radius 1 is 0.892 bits per heavy atom. The molecule has 1 atom stereocenters. The van der Waals surface area contributed by atoms with Crippen LogP contribution < -0.4 is 11.1 Å². The van der Waals surface area contributed by atoms with Crippen LogP contribution in [0.2, 0.25) is 0 Å². The van der Waals surface area contributed by atoms with E-state index in [0.29, 0.717) is 32.6 Å². The van der Waals surface area contributed by atoms with E-state index in [9.17, 15) is 19.5 Å². The number of carbonyl (C=O) groups excluding carboxylic acids is 2. The number of hydrogen-bond donors (Lipinski definition) is 3. The van der Waals surface area contributed by atoms with Gasteiger partial charge in [0.15, 0.2) is 5.78 Å². The molecule has 4 N–H and O–H groups in total. The van der Waals surface area contributed by atoms with Crippen LogP contribution in [0.15, 0.2) is 24.3 Å². The van der Waals surface area contributed by atoms with E-state index in [4.69, 9.17) is 10.5 Å². The van der Waals surface area contributed by atoms with Crippen molar-refractivity contribution in [2.45, 2.75) is 19.0 Å². The van der Waals surface area contributed by atoms with Crippen molar-refractivity contribution in [1.29, 1.82) is 0 Å². The molecule has 1 aromatic rings. The second-order valence-electron chi connectivity index (χ2n) is 9.86. The number of Topliss-reactive ketones (excluding diaryl/α,β-unsaturated/α-hetero) is 1. The lowest BCUT2D eigenvalue weighted by molar-refractivity contribution is -0.138. The molecule has 37 heavy (non-hydrogen) atoms. The van der Waals surface area contributed by atoms with Gasteiger partial charge in [-0.25, -0.2) is 0 Å². The summed E-state index contributed by atoms with van der Waals surface area (Å²) in [7, 11) is 5.61.